The van der Waals surface area contributed by atoms with Gasteiger partial charge in [0.05, 0.1) is 30.6 Å². The van der Waals surface area contributed by atoms with Crippen LogP contribution in [0.1, 0.15) is 91.0 Å². The highest BCUT2D eigenvalue weighted by molar-refractivity contribution is 5.91. The number of rotatable bonds is 11. The minimum absolute atomic E-state index is 0.00795. The molecule has 0 spiro atoms. The van der Waals surface area contributed by atoms with Crippen LogP contribution in [0.4, 0.5) is 9.59 Å². The number of benzene rings is 3. The Bertz CT molecular complexity index is 2550. The summed E-state index contributed by atoms with van der Waals surface area (Å²) in [6.07, 6.45) is 5.40. The van der Waals surface area contributed by atoms with Crippen molar-refractivity contribution in [1.82, 2.24) is 40.4 Å². The number of likely N-dealkylation sites (tertiary alicyclic amines) is 2. The van der Waals surface area contributed by atoms with Crippen LogP contribution in [0.25, 0.3) is 44.4 Å². The predicted molar refractivity (Wildman–Crippen MR) is 230 cm³/mol. The summed E-state index contributed by atoms with van der Waals surface area (Å²) in [5, 5.41) is 16.8. The molecule has 318 valence electrons. The average Bonchev–Trinajstić information content (AvgIpc) is 3.68. The smallest absolute Gasteiger partial charge is 0.407 e. The van der Waals surface area contributed by atoms with Gasteiger partial charge in [-0.2, -0.15) is 0 Å². The summed E-state index contributed by atoms with van der Waals surface area (Å²) in [7, 11) is 1.30. The molecule has 8 atom stereocenters. The molecule has 2 saturated carbocycles. The van der Waals surface area contributed by atoms with Crippen LogP contribution in [0.2, 0.25) is 0 Å². The minimum atomic E-state index is -1.20. The summed E-state index contributed by atoms with van der Waals surface area (Å²) in [5.74, 6) is 0.847. The van der Waals surface area contributed by atoms with Crippen LogP contribution in [-0.4, -0.2) is 90.1 Å². The molecule has 4 aliphatic rings. The standard InChI is InChI=1S/C47H54N8O6/c1-24(2)38(52-44(58)59)42(56)54-34(18-46(5)20-36(46)54)40-48-22-32(50-40)27-10-8-26(9-11-27)28-12-13-30-17-31(15-14-29(30)16-28)33-23-49-41(51-33)35-19-47(6)21-37(47)55(35)43(57)39(25(3)4)53-45(60)61-7/h8-17,22-25,34-39,52H,18-21H2,1-7H3,(H,48,50)(H,49,51)(H,53,60)(H,58,59)/t34-,35-,36-,37-,38-,39-,46+,47-/m0/s1. The summed E-state index contributed by atoms with van der Waals surface area (Å²) in [6, 6.07) is 19.2. The predicted octanol–water partition coefficient (Wildman–Crippen LogP) is 8.06. The van der Waals surface area contributed by atoms with Gasteiger partial charge in [0.1, 0.15) is 23.7 Å². The maximum Gasteiger partial charge on any atom is 0.407 e. The highest BCUT2D eigenvalue weighted by atomic mass is 16.5. The van der Waals surface area contributed by atoms with E-state index in [9.17, 15) is 24.3 Å². The Balaban J connectivity index is 0.895. The van der Waals surface area contributed by atoms with Crippen molar-refractivity contribution in [3.63, 3.8) is 0 Å². The number of carbonyl (C=O) groups excluding carboxylic acids is 3. The molecule has 4 amide bonds. The molecule has 2 aliphatic carbocycles. The Labute approximate surface area is 354 Å². The number of hydrogen-bond acceptors (Lipinski definition) is 7. The van der Waals surface area contributed by atoms with E-state index in [2.05, 4.69) is 95.1 Å². The normalized spacial score (nSPS) is 25.9. The van der Waals surface area contributed by atoms with Crippen molar-refractivity contribution in [2.24, 2.45) is 22.7 Å². The maximum atomic E-state index is 14.0. The fourth-order valence-corrected chi connectivity index (χ4v) is 10.1. The van der Waals surface area contributed by atoms with Crippen LogP contribution < -0.4 is 10.6 Å². The third kappa shape index (κ3) is 7.19. The minimum Gasteiger partial charge on any atom is -0.465 e. The zero-order valence-electron chi connectivity index (χ0n) is 35.7. The Hall–Kier alpha value is -6.18. The Morgan fingerprint density at radius 3 is 1.61 bits per heavy atom. The molecule has 14 heteroatoms. The topological polar surface area (TPSA) is 186 Å². The molecule has 2 aliphatic heterocycles. The maximum absolute atomic E-state index is 14.0. The molecule has 2 aromatic heterocycles. The molecule has 4 fully saturated rings. The summed E-state index contributed by atoms with van der Waals surface area (Å²) in [4.78, 5) is 71.9. The SMILES string of the molecule is COC(=O)N[C@H](C(=O)N1[C@H]2C[C@]2(C)C[C@H]1c1nc(-c2ccc3cc(-c4ccc(-c5c[nH]c([C@@H]6C[C@]7(C)C[C@@H]7N6C(=O)[C@@H](NC(=O)O)C(C)C)n5)cc4)ccc3c2)c[nH]1)C(C)C. The van der Waals surface area contributed by atoms with Crippen LogP contribution in [0.3, 0.4) is 0 Å². The number of nitrogens with zero attached hydrogens (tertiary/aromatic N) is 4. The largest absolute Gasteiger partial charge is 0.465 e. The van der Waals surface area contributed by atoms with Crippen molar-refractivity contribution < 1.29 is 29.0 Å². The Kier molecular flexibility index (Phi) is 9.74. The Morgan fingerprint density at radius 2 is 1.11 bits per heavy atom. The van der Waals surface area contributed by atoms with Crippen molar-refractivity contribution in [3.05, 3.63) is 84.7 Å². The number of ether oxygens (including phenoxy) is 1. The highest BCUT2D eigenvalue weighted by Gasteiger charge is 2.65. The van der Waals surface area contributed by atoms with Gasteiger partial charge in [-0.3, -0.25) is 9.59 Å². The number of piperidine rings is 2. The first-order valence-corrected chi connectivity index (χ1v) is 21.3. The second-order valence-corrected chi connectivity index (χ2v) is 18.9. The van der Waals surface area contributed by atoms with Crippen LogP contribution in [-0.2, 0) is 14.3 Å². The molecule has 14 nitrogen and oxygen atoms in total. The highest BCUT2D eigenvalue weighted by Crippen LogP contribution is 2.64. The summed E-state index contributed by atoms with van der Waals surface area (Å²) in [5.41, 5.74) is 5.69. The van der Waals surface area contributed by atoms with Gasteiger partial charge in [-0.05, 0) is 82.4 Å². The second kappa shape index (κ2) is 14.8. The number of H-pyrrole nitrogens is 2. The van der Waals surface area contributed by atoms with E-state index in [0.717, 1.165) is 75.9 Å². The fraction of sp³-hybridized carbons (Fsp3) is 0.447. The van der Waals surface area contributed by atoms with Gasteiger partial charge in [0.2, 0.25) is 11.8 Å². The first-order valence-electron chi connectivity index (χ1n) is 21.3. The van der Waals surface area contributed by atoms with E-state index in [1.807, 2.05) is 49.9 Å². The fourth-order valence-electron chi connectivity index (χ4n) is 10.1. The molecular formula is C47H54N8O6. The zero-order valence-corrected chi connectivity index (χ0v) is 35.7. The first-order chi connectivity index (χ1) is 29.1. The van der Waals surface area contributed by atoms with Gasteiger partial charge in [-0.15, -0.1) is 0 Å². The van der Waals surface area contributed by atoms with Gasteiger partial charge in [0, 0.05) is 35.6 Å². The van der Waals surface area contributed by atoms with Gasteiger partial charge < -0.3 is 40.2 Å². The molecule has 0 unspecified atom stereocenters. The van der Waals surface area contributed by atoms with Gasteiger partial charge in [0.25, 0.3) is 0 Å². The Morgan fingerprint density at radius 1 is 0.672 bits per heavy atom. The number of nitrogens with one attached hydrogen (secondary N) is 4. The lowest BCUT2D eigenvalue weighted by molar-refractivity contribution is -0.137. The third-order valence-electron chi connectivity index (χ3n) is 13.9. The quantitative estimate of drug-likeness (QED) is 0.0885. The van der Waals surface area contributed by atoms with Gasteiger partial charge in [-0.25, -0.2) is 19.6 Å². The van der Waals surface area contributed by atoms with E-state index in [1.54, 1.807) is 0 Å². The number of aromatic nitrogens is 4. The summed E-state index contributed by atoms with van der Waals surface area (Å²) < 4.78 is 4.82. The molecule has 3 aromatic carbocycles. The lowest BCUT2D eigenvalue weighted by Gasteiger charge is -2.31. The number of hydrogen-bond donors (Lipinski definition) is 5. The van der Waals surface area contributed by atoms with Crippen LogP contribution >= 0.6 is 0 Å². The molecular weight excluding hydrogens is 773 g/mol. The van der Waals surface area contributed by atoms with Crippen LogP contribution in [0, 0.1) is 22.7 Å². The molecule has 9 rings (SSSR count). The van der Waals surface area contributed by atoms with E-state index >= 15 is 0 Å². The van der Waals surface area contributed by atoms with E-state index in [1.165, 1.54) is 7.11 Å². The second-order valence-electron chi connectivity index (χ2n) is 18.9. The number of aromatic amines is 2. The van der Waals surface area contributed by atoms with Crippen LogP contribution in [0.15, 0.2) is 73.1 Å². The third-order valence-corrected chi connectivity index (χ3v) is 13.9. The zero-order chi connectivity index (χ0) is 43.1. The van der Waals surface area contributed by atoms with Gasteiger partial charge >= 0.3 is 12.2 Å². The van der Waals surface area contributed by atoms with Crippen molar-refractivity contribution in [3.8, 4) is 33.6 Å². The van der Waals surface area contributed by atoms with Crippen molar-refractivity contribution >= 4 is 34.8 Å². The number of alkyl carbamates (subject to hydrolysis) is 1. The van der Waals surface area contributed by atoms with Crippen molar-refractivity contribution in [1.29, 1.82) is 0 Å². The monoisotopic (exact) mass is 826 g/mol. The first kappa shape index (κ1) is 40.2. The van der Waals surface area contributed by atoms with Crippen molar-refractivity contribution in [2.75, 3.05) is 7.11 Å². The average molecular weight is 827 g/mol. The molecule has 0 bridgehead atoms. The molecule has 5 N–H and O–H groups in total. The molecule has 61 heavy (non-hydrogen) atoms. The number of fused-ring (bicyclic) bond motifs is 3. The van der Waals surface area contributed by atoms with Crippen LogP contribution in [0.5, 0.6) is 0 Å². The summed E-state index contributed by atoms with van der Waals surface area (Å²) >= 11 is 0. The number of amides is 4. The van der Waals surface area contributed by atoms with Gasteiger partial charge in [-0.1, -0.05) is 90.1 Å². The lowest BCUT2D eigenvalue weighted by Crippen LogP contribution is -2.52. The van der Waals surface area contributed by atoms with E-state index in [4.69, 9.17) is 14.7 Å². The summed E-state index contributed by atoms with van der Waals surface area (Å²) in [6.45, 7) is 12.0. The number of imidazole rings is 2. The molecule has 0 radical (unpaired) electrons. The number of carbonyl (C=O) groups is 4. The molecule has 5 aromatic rings. The molecule has 2 saturated heterocycles. The number of methoxy groups -OCH3 is 1. The number of carboxylic acid groups (broad SMARTS) is 1. The van der Waals surface area contributed by atoms with E-state index in [0.29, 0.717) is 5.82 Å². The van der Waals surface area contributed by atoms with E-state index < -0.39 is 24.3 Å². The molecule has 4 heterocycles. The van der Waals surface area contributed by atoms with Crippen molar-refractivity contribution in [2.45, 2.75) is 103 Å². The lowest BCUT2D eigenvalue weighted by atomic mass is 9.98. The van der Waals surface area contributed by atoms with E-state index in [-0.39, 0.29) is 58.6 Å². The van der Waals surface area contributed by atoms with Gasteiger partial charge in [0.15, 0.2) is 0 Å².